The van der Waals surface area contributed by atoms with Gasteiger partial charge in [-0.1, -0.05) is 36.8 Å². The lowest BCUT2D eigenvalue weighted by Crippen LogP contribution is -2.35. The molecule has 0 radical (unpaired) electrons. The number of rotatable bonds is 5. The monoisotopic (exact) mass is 288 g/mol. The zero-order valence-electron chi connectivity index (χ0n) is 11.8. The predicted molar refractivity (Wildman–Crippen MR) is 81.8 cm³/mol. The first-order chi connectivity index (χ1) is 9.80. The minimum absolute atomic E-state index is 0.113. The fraction of sp³-hybridized carbons (Fsp3) is 0.438. The number of aromatic nitrogens is 1. The summed E-state index contributed by atoms with van der Waals surface area (Å²) in [4.78, 5) is 6.01. The molecule has 4 heteroatoms. The smallest absolute Gasteiger partial charge is 0.104 e. The lowest BCUT2D eigenvalue weighted by Gasteiger charge is -2.40. The van der Waals surface area contributed by atoms with Crippen LogP contribution in [0.4, 0.5) is 0 Å². The minimum atomic E-state index is 0.113. The van der Waals surface area contributed by atoms with Gasteiger partial charge in [-0.15, -0.1) is 11.3 Å². The van der Waals surface area contributed by atoms with Gasteiger partial charge in [0.1, 0.15) is 5.01 Å². The van der Waals surface area contributed by atoms with Gasteiger partial charge < -0.3 is 10.5 Å². The lowest BCUT2D eigenvalue weighted by atomic mass is 9.65. The maximum Gasteiger partial charge on any atom is 0.104 e. The summed E-state index contributed by atoms with van der Waals surface area (Å²) in [6.45, 7) is 1.09. The largest absolute Gasteiger partial charge is 0.378 e. The maximum atomic E-state index is 5.85. The van der Waals surface area contributed by atoms with E-state index in [1.54, 1.807) is 18.4 Å². The first-order valence-electron chi connectivity index (χ1n) is 7.04. The molecule has 1 fully saturated rings. The molecule has 0 spiro atoms. The van der Waals surface area contributed by atoms with Gasteiger partial charge in [0.05, 0.1) is 12.3 Å². The number of hydrogen-bond acceptors (Lipinski definition) is 4. The SMILES string of the molecule is COCc1nc(C2(c3ccccc3)CCC2)sc1CN. The topological polar surface area (TPSA) is 48.1 Å². The number of hydrogen-bond donors (Lipinski definition) is 1. The highest BCUT2D eigenvalue weighted by molar-refractivity contribution is 7.12. The Bertz CT molecular complexity index is 575. The van der Waals surface area contributed by atoms with Crippen molar-refractivity contribution in [2.45, 2.75) is 37.8 Å². The number of ether oxygens (including phenoxy) is 1. The molecule has 1 aromatic carbocycles. The zero-order valence-corrected chi connectivity index (χ0v) is 12.6. The molecular formula is C16H20N2OS. The van der Waals surface area contributed by atoms with Crippen molar-refractivity contribution in [2.75, 3.05) is 7.11 Å². The zero-order chi connectivity index (χ0) is 14.0. The molecule has 0 aliphatic heterocycles. The van der Waals surface area contributed by atoms with E-state index in [1.165, 1.54) is 29.8 Å². The summed E-state index contributed by atoms with van der Waals surface area (Å²) in [7, 11) is 1.70. The van der Waals surface area contributed by atoms with Crippen LogP contribution in [0.5, 0.6) is 0 Å². The molecular weight excluding hydrogens is 268 g/mol. The Morgan fingerprint density at radius 2 is 2.05 bits per heavy atom. The highest BCUT2D eigenvalue weighted by Crippen LogP contribution is 2.50. The van der Waals surface area contributed by atoms with Crippen LogP contribution in [0.2, 0.25) is 0 Å². The van der Waals surface area contributed by atoms with Crippen LogP contribution in [0.1, 0.15) is 40.4 Å². The van der Waals surface area contributed by atoms with Gasteiger partial charge in [-0.2, -0.15) is 0 Å². The fourth-order valence-electron chi connectivity index (χ4n) is 2.91. The Kier molecular flexibility index (Phi) is 3.87. The second-order valence-corrected chi connectivity index (χ2v) is 6.41. The third-order valence-electron chi connectivity index (χ3n) is 4.19. The third-order valence-corrected chi connectivity index (χ3v) is 5.51. The molecule has 106 valence electrons. The van der Waals surface area contributed by atoms with E-state index in [0.717, 1.165) is 10.6 Å². The third kappa shape index (κ3) is 2.18. The van der Waals surface area contributed by atoms with Crippen LogP contribution in [-0.4, -0.2) is 12.1 Å². The lowest BCUT2D eigenvalue weighted by molar-refractivity contribution is 0.180. The fourth-order valence-corrected chi connectivity index (χ4v) is 4.12. The Hall–Kier alpha value is -1.23. The molecule has 1 aliphatic rings. The van der Waals surface area contributed by atoms with E-state index in [9.17, 15) is 0 Å². The highest BCUT2D eigenvalue weighted by atomic mass is 32.1. The van der Waals surface area contributed by atoms with Gasteiger partial charge in [-0.25, -0.2) is 4.98 Å². The summed E-state index contributed by atoms with van der Waals surface area (Å²) in [5.41, 5.74) is 8.36. The molecule has 1 aliphatic carbocycles. The molecule has 20 heavy (non-hydrogen) atoms. The molecule has 0 saturated heterocycles. The molecule has 1 heterocycles. The molecule has 3 rings (SSSR count). The Balaban J connectivity index is 2.02. The van der Waals surface area contributed by atoms with Crippen molar-refractivity contribution in [3.05, 3.63) is 51.5 Å². The molecule has 1 saturated carbocycles. The van der Waals surface area contributed by atoms with E-state index in [2.05, 4.69) is 30.3 Å². The van der Waals surface area contributed by atoms with Gasteiger partial charge in [-0.05, 0) is 18.4 Å². The van der Waals surface area contributed by atoms with Crippen molar-refractivity contribution in [3.63, 3.8) is 0 Å². The van der Waals surface area contributed by atoms with Crippen LogP contribution in [0, 0.1) is 0 Å². The number of methoxy groups -OCH3 is 1. The van der Waals surface area contributed by atoms with Crippen LogP contribution in [0.3, 0.4) is 0 Å². The van der Waals surface area contributed by atoms with E-state index in [1.807, 2.05) is 0 Å². The maximum absolute atomic E-state index is 5.85. The van der Waals surface area contributed by atoms with E-state index in [0.29, 0.717) is 13.2 Å². The average Bonchev–Trinajstić information content (AvgIpc) is 2.83. The highest BCUT2D eigenvalue weighted by Gasteiger charge is 2.43. The number of thiazole rings is 1. The van der Waals surface area contributed by atoms with Crippen LogP contribution in [0.15, 0.2) is 30.3 Å². The van der Waals surface area contributed by atoms with E-state index in [-0.39, 0.29) is 5.41 Å². The number of benzene rings is 1. The summed E-state index contributed by atoms with van der Waals surface area (Å²) in [6, 6.07) is 10.7. The number of nitrogens with two attached hydrogens (primary N) is 1. The Labute approximate surface area is 123 Å². The summed E-state index contributed by atoms with van der Waals surface area (Å²) in [5, 5.41) is 1.21. The molecule has 0 amide bonds. The second-order valence-electron chi connectivity index (χ2n) is 5.33. The van der Waals surface area contributed by atoms with Gasteiger partial charge in [0.2, 0.25) is 0 Å². The number of nitrogens with zero attached hydrogens (tertiary/aromatic N) is 1. The van der Waals surface area contributed by atoms with Crippen molar-refractivity contribution in [1.82, 2.24) is 4.98 Å². The van der Waals surface area contributed by atoms with Gasteiger partial charge in [0.15, 0.2) is 0 Å². The average molecular weight is 288 g/mol. The Morgan fingerprint density at radius 1 is 1.30 bits per heavy atom. The van der Waals surface area contributed by atoms with E-state index >= 15 is 0 Å². The minimum Gasteiger partial charge on any atom is -0.378 e. The molecule has 1 aromatic heterocycles. The van der Waals surface area contributed by atoms with Crippen LogP contribution < -0.4 is 5.73 Å². The van der Waals surface area contributed by atoms with Crippen LogP contribution in [0.25, 0.3) is 0 Å². The summed E-state index contributed by atoms with van der Waals surface area (Å²) in [5.74, 6) is 0. The summed E-state index contributed by atoms with van der Waals surface area (Å²) >= 11 is 1.76. The molecule has 3 nitrogen and oxygen atoms in total. The molecule has 2 aromatic rings. The normalized spacial score (nSPS) is 16.9. The van der Waals surface area contributed by atoms with Gasteiger partial charge in [-0.3, -0.25) is 0 Å². The van der Waals surface area contributed by atoms with Crippen molar-refractivity contribution in [2.24, 2.45) is 5.73 Å². The van der Waals surface area contributed by atoms with Crippen LogP contribution in [-0.2, 0) is 23.3 Å². The summed E-state index contributed by atoms with van der Waals surface area (Å²) < 4.78 is 5.24. The van der Waals surface area contributed by atoms with Gasteiger partial charge in [0.25, 0.3) is 0 Å². The quantitative estimate of drug-likeness (QED) is 0.919. The van der Waals surface area contributed by atoms with E-state index < -0.39 is 0 Å². The molecule has 0 unspecified atom stereocenters. The van der Waals surface area contributed by atoms with E-state index in [4.69, 9.17) is 15.5 Å². The molecule has 2 N–H and O–H groups in total. The van der Waals surface area contributed by atoms with Crippen molar-refractivity contribution >= 4 is 11.3 Å². The molecule has 0 bridgehead atoms. The first kappa shape index (κ1) is 13.7. The second kappa shape index (κ2) is 5.64. The standard InChI is InChI=1S/C16H20N2OS/c1-19-11-13-14(10-17)20-15(18-13)16(8-5-9-16)12-6-3-2-4-7-12/h2-4,6-7H,5,8-11,17H2,1H3. The van der Waals surface area contributed by atoms with Crippen molar-refractivity contribution < 1.29 is 4.74 Å². The predicted octanol–water partition coefficient (Wildman–Crippen LogP) is 3.22. The Morgan fingerprint density at radius 3 is 2.60 bits per heavy atom. The van der Waals surface area contributed by atoms with Crippen molar-refractivity contribution in [3.8, 4) is 0 Å². The summed E-state index contributed by atoms with van der Waals surface area (Å²) in [6.07, 6.45) is 3.63. The first-order valence-corrected chi connectivity index (χ1v) is 7.85. The molecule has 0 atom stereocenters. The van der Waals surface area contributed by atoms with Crippen molar-refractivity contribution in [1.29, 1.82) is 0 Å². The van der Waals surface area contributed by atoms with Crippen LogP contribution >= 0.6 is 11.3 Å². The van der Waals surface area contributed by atoms with Gasteiger partial charge >= 0.3 is 0 Å². The van der Waals surface area contributed by atoms with Gasteiger partial charge in [0, 0.05) is 23.9 Å².